The summed E-state index contributed by atoms with van der Waals surface area (Å²) in [6.45, 7) is 0. The second-order valence-corrected chi connectivity index (χ2v) is 11.4. The van der Waals surface area contributed by atoms with Crippen molar-refractivity contribution in [1.29, 1.82) is 0 Å². The van der Waals surface area contributed by atoms with Gasteiger partial charge in [-0.3, -0.25) is 15.0 Å². The molecular weight excluding hydrogens is 536 g/mol. The first-order valence-electron chi connectivity index (χ1n) is 15.0. The van der Waals surface area contributed by atoms with Crippen molar-refractivity contribution in [2.75, 3.05) is 0 Å². The summed E-state index contributed by atoms with van der Waals surface area (Å²) in [6.07, 6.45) is 12.3. The van der Waals surface area contributed by atoms with Gasteiger partial charge in [-0.2, -0.15) is 0 Å². The van der Waals surface area contributed by atoms with Gasteiger partial charge in [-0.1, -0.05) is 91.0 Å². The second-order valence-electron chi connectivity index (χ2n) is 11.4. The molecule has 4 aromatic heterocycles. The van der Waals surface area contributed by atoms with Crippen molar-refractivity contribution in [2.24, 2.45) is 0 Å². The van der Waals surface area contributed by atoms with E-state index in [0.717, 1.165) is 73.6 Å². The van der Waals surface area contributed by atoms with E-state index in [9.17, 15) is 0 Å². The molecule has 0 unspecified atom stereocenters. The molecule has 0 saturated carbocycles. The molecule has 0 N–H and O–H groups in total. The zero-order valence-corrected chi connectivity index (χ0v) is 23.9. The molecule has 0 radical (unpaired) electrons. The van der Waals surface area contributed by atoms with Crippen LogP contribution in [0.15, 0.2) is 122 Å². The van der Waals surface area contributed by atoms with Crippen molar-refractivity contribution >= 4 is 55.5 Å². The van der Waals surface area contributed by atoms with E-state index in [2.05, 4.69) is 119 Å². The lowest BCUT2D eigenvalue weighted by Crippen LogP contribution is -2.31. The number of rotatable bonds is 3. The predicted molar refractivity (Wildman–Crippen MR) is 181 cm³/mol. The maximum atomic E-state index is 5.24. The summed E-state index contributed by atoms with van der Waals surface area (Å²) in [5.74, 6) is 0. The second kappa shape index (κ2) is 9.92. The van der Waals surface area contributed by atoms with Gasteiger partial charge in [0.1, 0.15) is 0 Å². The Bertz CT molecular complexity index is 2550. The van der Waals surface area contributed by atoms with Gasteiger partial charge in [0.2, 0.25) is 0 Å². The summed E-state index contributed by atoms with van der Waals surface area (Å²) < 4.78 is 0. The highest BCUT2D eigenvalue weighted by Crippen LogP contribution is 2.34. The zero-order valence-electron chi connectivity index (χ0n) is 23.9. The van der Waals surface area contributed by atoms with E-state index in [1.807, 2.05) is 24.7 Å². The Hall–Kier alpha value is -5.74. The van der Waals surface area contributed by atoms with Crippen LogP contribution in [0.1, 0.15) is 12.8 Å². The molecule has 206 valence electrons. The van der Waals surface area contributed by atoms with Gasteiger partial charge in [0.25, 0.3) is 0 Å². The third-order valence-electron chi connectivity index (χ3n) is 8.80. The van der Waals surface area contributed by atoms with E-state index in [1.54, 1.807) is 0 Å². The fourth-order valence-corrected chi connectivity index (χ4v) is 6.71. The van der Waals surface area contributed by atoms with Gasteiger partial charge in [0.15, 0.2) is 0 Å². The summed E-state index contributed by atoms with van der Waals surface area (Å²) in [5.41, 5.74) is 8.06. The highest BCUT2D eigenvalue weighted by atomic mass is 14.7. The minimum atomic E-state index is 0.907. The lowest BCUT2D eigenvalue weighted by Gasteiger charge is -2.13. The van der Waals surface area contributed by atoms with Crippen LogP contribution in [0.3, 0.4) is 0 Å². The Morgan fingerprint density at radius 3 is 2.32 bits per heavy atom. The van der Waals surface area contributed by atoms with Crippen molar-refractivity contribution in [2.45, 2.75) is 12.8 Å². The molecule has 4 nitrogen and oxygen atoms in total. The molecule has 4 aromatic carbocycles. The average Bonchev–Trinajstić information content (AvgIpc) is 3.11. The molecule has 0 atom stereocenters. The molecule has 0 fully saturated rings. The highest BCUT2D eigenvalue weighted by molar-refractivity contribution is 6.12. The molecule has 8 aromatic rings. The average molecular weight is 563 g/mol. The Kier molecular flexibility index (Phi) is 5.60. The van der Waals surface area contributed by atoms with Crippen LogP contribution in [0, 0.1) is 0 Å². The lowest BCUT2D eigenvalue weighted by atomic mass is 9.94. The quantitative estimate of drug-likeness (QED) is 0.204. The largest absolute Gasteiger partial charge is 0.256 e. The number of fused-ring (bicyclic) bond motifs is 8. The van der Waals surface area contributed by atoms with Crippen LogP contribution < -0.4 is 10.6 Å². The third-order valence-corrected chi connectivity index (χ3v) is 8.80. The fraction of sp³-hybridized carbons (Fsp3) is 0.0500. The molecule has 1 aliphatic carbocycles. The summed E-state index contributed by atoms with van der Waals surface area (Å²) in [6, 6.07) is 36.3. The topological polar surface area (TPSA) is 51.6 Å². The molecule has 0 amide bonds. The Morgan fingerprint density at radius 1 is 0.523 bits per heavy atom. The molecule has 0 aliphatic heterocycles. The molecule has 9 rings (SSSR count). The number of pyridine rings is 4. The van der Waals surface area contributed by atoms with Gasteiger partial charge in [-0.15, -0.1) is 0 Å². The van der Waals surface area contributed by atoms with Crippen molar-refractivity contribution in [3.05, 3.63) is 132 Å². The normalized spacial score (nSPS) is 12.7. The zero-order chi connectivity index (χ0) is 29.0. The minimum Gasteiger partial charge on any atom is -0.256 e. The molecule has 0 spiro atoms. The van der Waals surface area contributed by atoms with E-state index < -0.39 is 0 Å². The number of benzene rings is 4. The van der Waals surface area contributed by atoms with E-state index >= 15 is 0 Å². The number of aromatic nitrogens is 4. The van der Waals surface area contributed by atoms with E-state index in [-0.39, 0.29) is 0 Å². The van der Waals surface area contributed by atoms with Crippen molar-refractivity contribution < 1.29 is 0 Å². The van der Waals surface area contributed by atoms with E-state index in [0.29, 0.717) is 0 Å². The Balaban J connectivity index is 1.16. The molecule has 0 bridgehead atoms. The lowest BCUT2D eigenvalue weighted by molar-refractivity contribution is 1.09. The van der Waals surface area contributed by atoms with Crippen LogP contribution in [0.2, 0.25) is 0 Å². The first kappa shape index (κ1) is 24.8. The summed E-state index contributed by atoms with van der Waals surface area (Å²) in [7, 11) is 0. The van der Waals surface area contributed by atoms with Crippen LogP contribution in [0.5, 0.6) is 0 Å². The monoisotopic (exact) mass is 562 g/mol. The number of hydrogen-bond acceptors (Lipinski definition) is 4. The number of nitrogens with zero attached hydrogens (tertiary/aromatic N) is 4. The van der Waals surface area contributed by atoms with Gasteiger partial charge in [-0.25, -0.2) is 4.98 Å². The molecule has 0 saturated heterocycles. The maximum absolute atomic E-state index is 5.24. The Labute approximate surface area is 253 Å². The minimum absolute atomic E-state index is 0.907. The van der Waals surface area contributed by atoms with E-state index in [4.69, 9.17) is 9.97 Å². The molecule has 4 heteroatoms. The standard InChI is InChI=1S/C40H26N4/c1-2-11-31-25(7-1)14-18-34-37(31)33-12-3-4-13-36(33)44-38(34)28-9-5-8-27(23-28)35-19-16-29(24-43-35)30-20-22-42-40-32(30)17-15-26-10-6-21-41-39(26)40/h1-2,5-24H,3-4H2. The van der Waals surface area contributed by atoms with Gasteiger partial charge >= 0.3 is 0 Å². The van der Waals surface area contributed by atoms with Crippen molar-refractivity contribution in [3.8, 4) is 33.6 Å². The summed E-state index contributed by atoms with van der Waals surface area (Å²) in [4.78, 5) is 19.4. The van der Waals surface area contributed by atoms with Crippen LogP contribution in [0.25, 0.3) is 89.1 Å². The SMILES string of the molecule is C1=c2nc(-c3cccc(-c4ccc(-c5ccnc6c5ccc5cccnc56)cn4)c3)c3ccc4ccccc4c3c2=CCC1. The van der Waals surface area contributed by atoms with Crippen molar-refractivity contribution in [1.82, 2.24) is 19.9 Å². The first-order valence-corrected chi connectivity index (χ1v) is 15.0. The van der Waals surface area contributed by atoms with Gasteiger partial charge in [-0.05, 0) is 53.4 Å². The predicted octanol–water partition coefficient (Wildman–Crippen LogP) is 8.24. The van der Waals surface area contributed by atoms with Gasteiger partial charge in [0, 0.05) is 62.0 Å². The molecule has 4 heterocycles. The van der Waals surface area contributed by atoms with Gasteiger partial charge < -0.3 is 0 Å². The number of hydrogen-bond donors (Lipinski definition) is 0. The van der Waals surface area contributed by atoms with Crippen LogP contribution in [-0.2, 0) is 0 Å². The van der Waals surface area contributed by atoms with Crippen LogP contribution in [0.4, 0.5) is 0 Å². The summed E-state index contributed by atoms with van der Waals surface area (Å²) >= 11 is 0. The Morgan fingerprint density at radius 2 is 1.36 bits per heavy atom. The van der Waals surface area contributed by atoms with Crippen LogP contribution in [-0.4, -0.2) is 19.9 Å². The fourth-order valence-electron chi connectivity index (χ4n) is 6.71. The maximum Gasteiger partial charge on any atom is 0.0970 e. The van der Waals surface area contributed by atoms with Gasteiger partial charge in [0.05, 0.1) is 27.8 Å². The van der Waals surface area contributed by atoms with Crippen molar-refractivity contribution in [3.63, 3.8) is 0 Å². The van der Waals surface area contributed by atoms with E-state index in [1.165, 1.54) is 26.8 Å². The molecule has 44 heavy (non-hydrogen) atoms. The highest BCUT2D eigenvalue weighted by Gasteiger charge is 2.14. The molecule has 1 aliphatic rings. The third kappa shape index (κ3) is 3.92. The molecular formula is C40H26N4. The summed E-state index contributed by atoms with van der Waals surface area (Å²) in [5, 5.41) is 9.49. The van der Waals surface area contributed by atoms with Crippen LogP contribution >= 0.6 is 0 Å². The smallest absolute Gasteiger partial charge is 0.0970 e. The first-order chi connectivity index (χ1) is 21.8.